The molecule has 2 heterocycles. The predicted molar refractivity (Wildman–Crippen MR) is 95.1 cm³/mol. The van der Waals surface area contributed by atoms with Crippen molar-refractivity contribution in [2.24, 2.45) is 5.92 Å². The molecule has 25 heavy (non-hydrogen) atoms. The molecule has 0 radical (unpaired) electrons. The van der Waals surface area contributed by atoms with Crippen molar-refractivity contribution in [3.05, 3.63) is 53.1 Å². The smallest absolute Gasteiger partial charge is 0.225 e. The van der Waals surface area contributed by atoms with Crippen molar-refractivity contribution in [1.29, 1.82) is 0 Å². The van der Waals surface area contributed by atoms with Crippen LogP contribution in [0.4, 0.5) is 10.3 Å². The summed E-state index contributed by atoms with van der Waals surface area (Å²) in [5, 5.41) is 3.70. The molecule has 2 aromatic rings. The van der Waals surface area contributed by atoms with Crippen molar-refractivity contribution in [2.45, 2.75) is 19.3 Å². The van der Waals surface area contributed by atoms with E-state index in [-0.39, 0.29) is 11.8 Å². The summed E-state index contributed by atoms with van der Waals surface area (Å²) in [5.41, 5.74) is 1.13. The molecule has 7 heteroatoms. The van der Waals surface area contributed by atoms with E-state index in [0.717, 1.165) is 43.8 Å². The fraction of sp³-hybridized carbons (Fsp3) is 0.389. The quantitative estimate of drug-likeness (QED) is 0.888. The van der Waals surface area contributed by atoms with Gasteiger partial charge in [0.15, 0.2) is 5.82 Å². The van der Waals surface area contributed by atoms with Crippen LogP contribution in [0.3, 0.4) is 0 Å². The Hall–Kier alpha value is -2.21. The molecule has 1 aromatic carbocycles. The average Bonchev–Trinajstić information content (AvgIpc) is 2.64. The molecule has 0 spiro atoms. The second kappa shape index (κ2) is 8.25. The number of hydrogen-bond donors (Lipinski definition) is 1. The summed E-state index contributed by atoms with van der Waals surface area (Å²) in [7, 11) is 0. The molecule has 1 N–H and O–H groups in total. The molecular weight excluding hydrogens is 343 g/mol. The molecule has 1 aliphatic heterocycles. The number of piperidine rings is 1. The first-order valence-corrected chi connectivity index (χ1v) is 8.74. The van der Waals surface area contributed by atoms with Crippen LogP contribution in [0, 0.1) is 11.7 Å². The van der Waals surface area contributed by atoms with Crippen molar-refractivity contribution in [2.75, 3.05) is 24.5 Å². The van der Waals surface area contributed by atoms with Gasteiger partial charge in [-0.25, -0.2) is 14.4 Å². The van der Waals surface area contributed by atoms with E-state index in [1.807, 2.05) is 29.2 Å². The second-order valence-corrected chi connectivity index (χ2v) is 6.59. The van der Waals surface area contributed by atoms with Gasteiger partial charge in [-0.3, -0.25) is 4.79 Å². The summed E-state index contributed by atoms with van der Waals surface area (Å²) in [5.74, 6) is -0.0503. The fourth-order valence-corrected chi connectivity index (χ4v) is 3.09. The van der Waals surface area contributed by atoms with Crippen LogP contribution in [0.5, 0.6) is 0 Å². The molecular formula is C18H20ClFN4O. The Balaban J connectivity index is 1.49. The summed E-state index contributed by atoms with van der Waals surface area (Å²) in [6.07, 6.45) is 4.79. The van der Waals surface area contributed by atoms with Crippen molar-refractivity contribution < 1.29 is 9.18 Å². The summed E-state index contributed by atoms with van der Waals surface area (Å²) in [6, 6.07) is 7.62. The molecule has 1 atom stereocenters. The molecule has 1 aliphatic rings. The van der Waals surface area contributed by atoms with Crippen LogP contribution in [-0.2, 0) is 11.2 Å². The fourth-order valence-electron chi connectivity index (χ4n) is 2.97. The summed E-state index contributed by atoms with van der Waals surface area (Å²) in [6.45, 7) is 1.92. The Kier molecular flexibility index (Phi) is 5.81. The van der Waals surface area contributed by atoms with Crippen molar-refractivity contribution in [1.82, 2.24) is 15.3 Å². The molecule has 0 unspecified atom stereocenters. The largest absolute Gasteiger partial charge is 0.355 e. The number of halogens is 2. The number of carbonyl (C=O) groups excluding carboxylic acids is 1. The number of rotatable bonds is 5. The zero-order valence-electron chi connectivity index (χ0n) is 13.8. The maximum absolute atomic E-state index is 12.9. The number of anilines is 1. The second-order valence-electron chi connectivity index (χ2n) is 6.15. The Morgan fingerprint density at radius 3 is 2.72 bits per heavy atom. The summed E-state index contributed by atoms with van der Waals surface area (Å²) < 4.78 is 12.9. The third-order valence-corrected chi connectivity index (χ3v) is 4.56. The van der Waals surface area contributed by atoms with Crippen LogP contribution in [0.25, 0.3) is 0 Å². The summed E-state index contributed by atoms with van der Waals surface area (Å²) in [4.78, 5) is 22.4. The normalized spacial score (nSPS) is 17.4. The van der Waals surface area contributed by atoms with Gasteiger partial charge in [0.25, 0.3) is 0 Å². The Bertz CT molecular complexity index is 708. The van der Waals surface area contributed by atoms with Gasteiger partial charge in [-0.1, -0.05) is 23.7 Å². The molecule has 0 aliphatic carbocycles. The van der Waals surface area contributed by atoms with E-state index in [1.165, 1.54) is 0 Å². The molecule has 1 aromatic heterocycles. The standard InChI is InChI=1S/C18H20ClFN4O/c19-15-5-3-13(4-6-15)7-8-21-17(25)14-2-1-9-24(12-14)18-22-10-16(20)11-23-18/h3-6,10-11,14H,1-2,7-9,12H2,(H,21,25)/t14-/m1/s1. The van der Waals surface area contributed by atoms with E-state index < -0.39 is 5.82 Å². The number of nitrogens with zero attached hydrogens (tertiary/aromatic N) is 3. The van der Waals surface area contributed by atoms with Gasteiger partial charge in [0.2, 0.25) is 11.9 Å². The molecule has 132 valence electrons. The SMILES string of the molecule is O=C(NCCc1ccc(Cl)cc1)[C@@H]1CCCN(c2ncc(F)cn2)C1. The Labute approximate surface area is 151 Å². The number of benzene rings is 1. The molecule has 0 bridgehead atoms. The summed E-state index contributed by atoms with van der Waals surface area (Å²) >= 11 is 5.87. The van der Waals surface area contributed by atoms with Gasteiger partial charge in [-0.15, -0.1) is 0 Å². The highest BCUT2D eigenvalue weighted by atomic mass is 35.5. The zero-order chi connectivity index (χ0) is 17.6. The maximum Gasteiger partial charge on any atom is 0.225 e. The van der Waals surface area contributed by atoms with E-state index in [9.17, 15) is 9.18 Å². The topological polar surface area (TPSA) is 58.1 Å². The van der Waals surface area contributed by atoms with Crippen LogP contribution in [0.2, 0.25) is 5.02 Å². The molecule has 1 fully saturated rings. The number of amides is 1. The van der Waals surface area contributed by atoms with Gasteiger partial charge in [0, 0.05) is 24.7 Å². The van der Waals surface area contributed by atoms with Gasteiger partial charge in [-0.05, 0) is 37.0 Å². The van der Waals surface area contributed by atoms with Gasteiger partial charge in [0.1, 0.15) is 0 Å². The third-order valence-electron chi connectivity index (χ3n) is 4.31. The lowest BCUT2D eigenvalue weighted by atomic mass is 9.97. The van der Waals surface area contributed by atoms with Gasteiger partial charge >= 0.3 is 0 Å². The van der Waals surface area contributed by atoms with E-state index in [1.54, 1.807) is 0 Å². The van der Waals surface area contributed by atoms with Crippen LogP contribution >= 0.6 is 11.6 Å². The minimum Gasteiger partial charge on any atom is -0.355 e. The number of nitrogens with one attached hydrogen (secondary N) is 1. The van der Waals surface area contributed by atoms with Gasteiger partial charge in [0.05, 0.1) is 18.3 Å². The highest BCUT2D eigenvalue weighted by Crippen LogP contribution is 2.20. The molecule has 0 saturated carbocycles. The van der Waals surface area contributed by atoms with Crippen molar-refractivity contribution in [3.63, 3.8) is 0 Å². The number of hydrogen-bond acceptors (Lipinski definition) is 4. The van der Waals surface area contributed by atoms with Gasteiger partial charge in [-0.2, -0.15) is 0 Å². The first-order chi connectivity index (χ1) is 12.1. The number of aromatic nitrogens is 2. The molecule has 1 saturated heterocycles. The predicted octanol–water partition coefficient (Wildman–Crippen LogP) is 2.84. The Morgan fingerprint density at radius 2 is 2.00 bits per heavy atom. The van der Waals surface area contributed by atoms with Gasteiger partial charge < -0.3 is 10.2 Å². The molecule has 1 amide bonds. The lowest BCUT2D eigenvalue weighted by molar-refractivity contribution is -0.125. The average molecular weight is 363 g/mol. The minimum absolute atomic E-state index is 0.0424. The van der Waals surface area contributed by atoms with E-state index in [0.29, 0.717) is 24.1 Å². The van der Waals surface area contributed by atoms with Crippen LogP contribution in [0.1, 0.15) is 18.4 Å². The zero-order valence-corrected chi connectivity index (χ0v) is 14.5. The first kappa shape index (κ1) is 17.6. The van der Waals surface area contributed by atoms with E-state index in [4.69, 9.17) is 11.6 Å². The van der Waals surface area contributed by atoms with Crippen LogP contribution in [0.15, 0.2) is 36.7 Å². The lowest BCUT2D eigenvalue weighted by Gasteiger charge is -2.31. The Morgan fingerprint density at radius 1 is 1.28 bits per heavy atom. The molecule has 3 rings (SSSR count). The monoisotopic (exact) mass is 362 g/mol. The minimum atomic E-state index is -0.461. The van der Waals surface area contributed by atoms with Crippen molar-refractivity contribution >= 4 is 23.5 Å². The van der Waals surface area contributed by atoms with Crippen LogP contribution in [-0.4, -0.2) is 35.5 Å². The third kappa shape index (κ3) is 4.89. The van der Waals surface area contributed by atoms with E-state index in [2.05, 4.69) is 15.3 Å². The molecule has 5 nitrogen and oxygen atoms in total. The van der Waals surface area contributed by atoms with Crippen LogP contribution < -0.4 is 10.2 Å². The number of carbonyl (C=O) groups is 1. The van der Waals surface area contributed by atoms with E-state index >= 15 is 0 Å². The highest BCUT2D eigenvalue weighted by Gasteiger charge is 2.26. The van der Waals surface area contributed by atoms with Crippen molar-refractivity contribution in [3.8, 4) is 0 Å². The first-order valence-electron chi connectivity index (χ1n) is 8.36. The maximum atomic E-state index is 12.9. The highest BCUT2D eigenvalue weighted by molar-refractivity contribution is 6.30. The lowest BCUT2D eigenvalue weighted by Crippen LogP contribution is -2.44.